The molecule has 3 N–H and O–H groups in total. The molecule has 0 aliphatic carbocycles. The van der Waals surface area contributed by atoms with Gasteiger partial charge in [-0.2, -0.15) is 11.8 Å². The third kappa shape index (κ3) is 3.84. The fourth-order valence-corrected chi connectivity index (χ4v) is 3.85. The largest absolute Gasteiger partial charge is 0.396 e. The Hall–Kier alpha value is -0.790. The van der Waals surface area contributed by atoms with Crippen molar-refractivity contribution in [2.75, 3.05) is 18.5 Å². The molecule has 0 unspecified atom stereocenters. The normalized spacial score (nSPS) is 12.6. The molecule has 0 atom stereocenters. The minimum absolute atomic E-state index is 0.0867. The second kappa shape index (κ2) is 6.58. The molecule has 1 aromatic rings. The Kier molecular flexibility index (Phi) is 5.64. The molecule has 0 saturated carbocycles. The van der Waals surface area contributed by atoms with E-state index in [-0.39, 0.29) is 15.5 Å². The Morgan fingerprint density at radius 3 is 2.53 bits per heavy atom. The summed E-state index contributed by atoms with van der Waals surface area (Å²) in [6, 6.07) is 3.14. The van der Waals surface area contributed by atoms with E-state index < -0.39 is 10.0 Å². The van der Waals surface area contributed by atoms with Crippen LogP contribution in [0.2, 0.25) is 0 Å². The van der Waals surface area contributed by atoms with Crippen molar-refractivity contribution in [1.29, 1.82) is 0 Å². The maximum absolute atomic E-state index is 12.2. The number of hydrogen-bond acceptors (Lipinski definition) is 5. The summed E-state index contributed by atoms with van der Waals surface area (Å²) < 4.78 is 26.9. The first kappa shape index (κ1) is 16.3. The van der Waals surface area contributed by atoms with Crippen molar-refractivity contribution in [3.8, 4) is 0 Å². The van der Waals surface area contributed by atoms with E-state index in [0.29, 0.717) is 6.54 Å². The van der Waals surface area contributed by atoms with E-state index in [9.17, 15) is 8.42 Å². The predicted molar refractivity (Wildman–Crippen MR) is 80.7 cm³/mol. The van der Waals surface area contributed by atoms with Gasteiger partial charge in [0.05, 0.1) is 5.69 Å². The van der Waals surface area contributed by atoms with Crippen molar-refractivity contribution in [2.24, 2.45) is 0 Å². The van der Waals surface area contributed by atoms with Gasteiger partial charge < -0.3 is 5.73 Å². The van der Waals surface area contributed by atoms with Gasteiger partial charge in [0.25, 0.3) is 10.0 Å². The molecule has 7 heteroatoms. The monoisotopic (exact) mass is 303 g/mol. The van der Waals surface area contributed by atoms with Crippen LogP contribution >= 0.6 is 11.8 Å². The van der Waals surface area contributed by atoms with Crippen molar-refractivity contribution in [3.63, 3.8) is 0 Å². The van der Waals surface area contributed by atoms with Gasteiger partial charge in [-0.25, -0.2) is 18.1 Å². The lowest BCUT2D eigenvalue weighted by Gasteiger charge is -2.29. The first-order valence-electron chi connectivity index (χ1n) is 6.16. The van der Waals surface area contributed by atoms with Gasteiger partial charge in [0, 0.05) is 17.5 Å². The maximum atomic E-state index is 12.2. The molecule has 19 heavy (non-hydrogen) atoms. The summed E-state index contributed by atoms with van der Waals surface area (Å²) in [6.07, 6.45) is 5.21. The zero-order valence-corrected chi connectivity index (χ0v) is 13.1. The van der Waals surface area contributed by atoms with Crippen LogP contribution in [0.3, 0.4) is 0 Å². The number of sulfonamides is 1. The van der Waals surface area contributed by atoms with Crippen molar-refractivity contribution in [2.45, 2.75) is 36.5 Å². The van der Waals surface area contributed by atoms with Gasteiger partial charge in [-0.05, 0) is 31.2 Å². The highest BCUT2D eigenvalue weighted by molar-refractivity contribution is 8.00. The van der Waals surface area contributed by atoms with Crippen LogP contribution in [0.15, 0.2) is 23.4 Å². The van der Waals surface area contributed by atoms with E-state index in [1.54, 1.807) is 17.8 Å². The molecule has 0 bridgehead atoms. The molecule has 5 nitrogen and oxygen atoms in total. The van der Waals surface area contributed by atoms with Crippen LogP contribution in [0.5, 0.6) is 0 Å². The Bertz CT molecular complexity index is 505. The van der Waals surface area contributed by atoms with Crippen LogP contribution in [0.4, 0.5) is 5.69 Å². The molecule has 1 aromatic heterocycles. The Labute approximate surface area is 119 Å². The van der Waals surface area contributed by atoms with Crippen LogP contribution in [0, 0.1) is 0 Å². The van der Waals surface area contributed by atoms with E-state index in [0.717, 1.165) is 12.8 Å². The van der Waals surface area contributed by atoms with Gasteiger partial charge in [0.1, 0.15) is 0 Å². The molecule has 0 fully saturated rings. The van der Waals surface area contributed by atoms with Gasteiger partial charge in [-0.1, -0.05) is 13.8 Å². The van der Waals surface area contributed by atoms with Crippen molar-refractivity contribution in [1.82, 2.24) is 9.71 Å². The minimum Gasteiger partial charge on any atom is -0.396 e. The summed E-state index contributed by atoms with van der Waals surface area (Å²) >= 11 is 1.68. The number of pyridine rings is 1. The molecule has 0 radical (unpaired) electrons. The predicted octanol–water partition coefficient (Wildman–Crippen LogP) is 1.86. The SMILES string of the molecule is CCC(CC)(CNS(=O)(=O)c1ncccc1N)SC. The summed E-state index contributed by atoms with van der Waals surface area (Å²) in [7, 11) is -3.65. The summed E-state index contributed by atoms with van der Waals surface area (Å²) in [5.74, 6) is 0. The summed E-state index contributed by atoms with van der Waals surface area (Å²) in [4.78, 5) is 3.85. The fraction of sp³-hybridized carbons (Fsp3) is 0.583. The number of aromatic nitrogens is 1. The van der Waals surface area contributed by atoms with E-state index in [1.165, 1.54) is 12.3 Å². The highest BCUT2D eigenvalue weighted by Gasteiger charge is 2.28. The lowest BCUT2D eigenvalue weighted by molar-refractivity contribution is 0.521. The van der Waals surface area contributed by atoms with Gasteiger partial charge in [-0.15, -0.1) is 0 Å². The van der Waals surface area contributed by atoms with Crippen LogP contribution in [-0.2, 0) is 10.0 Å². The van der Waals surface area contributed by atoms with Crippen LogP contribution < -0.4 is 10.5 Å². The molecule has 0 spiro atoms. The van der Waals surface area contributed by atoms with Crippen molar-refractivity contribution >= 4 is 27.5 Å². The number of hydrogen-bond donors (Lipinski definition) is 2. The van der Waals surface area contributed by atoms with Gasteiger partial charge >= 0.3 is 0 Å². The minimum atomic E-state index is -3.65. The molecule has 1 heterocycles. The van der Waals surface area contributed by atoms with Gasteiger partial charge in [0.15, 0.2) is 5.03 Å². The molecule has 0 amide bonds. The first-order chi connectivity index (χ1) is 8.90. The average molecular weight is 303 g/mol. The Morgan fingerprint density at radius 2 is 2.05 bits per heavy atom. The quantitative estimate of drug-likeness (QED) is 0.803. The number of nitrogen functional groups attached to an aromatic ring is 1. The second-order valence-electron chi connectivity index (χ2n) is 4.32. The van der Waals surface area contributed by atoms with E-state index >= 15 is 0 Å². The van der Waals surface area contributed by atoms with Crippen LogP contribution in [-0.4, -0.2) is 30.9 Å². The lowest BCUT2D eigenvalue weighted by atomic mass is 10.0. The second-order valence-corrected chi connectivity index (χ2v) is 7.27. The fourth-order valence-electron chi connectivity index (χ4n) is 1.78. The summed E-state index contributed by atoms with van der Waals surface area (Å²) in [5.41, 5.74) is 5.82. The van der Waals surface area contributed by atoms with E-state index in [1.807, 2.05) is 6.26 Å². The molecule has 0 aliphatic heterocycles. The molecule has 108 valence electrons. The number of nitrogens with one attached hydrogen (secondary N) is 1. The zero-order chi connectivity index (χ0) is 14.5. The number of rotatable bonds is 7. The highest BCUT2D eigenvalue weighted by Crippen LogP contribution is 2.30. The smallest absolute Gasteiger partial charge is 0.260 e. The molecule has 1 rings (SSSR count). The van der Waals surface area contributed by atoms with Gasteiger partial charge in [0.2, 0.25) is 0 Å². The molecule has 0 aliphatic rings. The molecule has 0 saturated heterocycles. The van der Waals surface area contributed by atoms with Gasteiger partial charge in [-0.3, -0.25) is 0 Å². The molecule has 0 aromatic carbocycles. The van der Waals surface area contributed by atoms with E-state index in [4.69, 9.17) is 5.73 Å². The third-order valence-corrected chi connectivity index (χ3v) is 6.32. The number of anilines is 1. The van der Waals surface area contributed by atoms with Crippen LogP contribution in [0.25, 0.3) is 0 Å². The Morgan fingerprint density at radius 1 is 1.42 bits per heavy atom. The third-order valence-electron chi connectivity index (χ3n) is 3.36. The highest BCUT2D eigenvalue weighted by atomic mass is 32.2. The summed E-state index contributed by atoms with van der Waals surface area (Å²) in [6.45, 7) is 4.49. The lowest BCUT2D eigenvalue weighted by Crippen LogP contribution is -2.40. The number of nitrogens with two attached hydrogens (primary N) is 1. The number of thioether (sulfide) groups is 1. The maximum Gasteiger partial charge on any atom is 0.260 e. The van der Waals surface area contributed by atoms with Crippen molar-refractivity contribution < 1.29 is 8.42 Å². The standard InChI is InChI=1S/C12H21N3O2S2/c1-4-12(5-2,18-3)9-15-19(16,17)11-10(13)7-6-8-14-11/h6-8,15H,4-5,9,13H2,1-3H3. The zero-order valence-electron chi connectivity index (χ0n) is 11.5. The summed E-state index contributed by atoms with van der Waals surface area (Å²) in [5, 5.41) is -0.0998. The topological polar surface area (TPSA) is 85.1 Å². The molecular weight excluding hydrogens is 282 g/mol. The number of nitrogens with zero attached hydrogens (tertiary/aromatic N) is 1. The van der Waals surface area contributed by atoms with E-state index in [2.05, 4.69) is 23.6 Å². The van der Waals surface area contributed by atoms with Crippen LogP contribution in [0.1, 0.15) is 26.7 Å². The van der Waals surface area contributed by atoms with Crippen molar-refractivity contribution in [3.05, 3.63) is 18.3 Å². The Balaban J connectivity index is 2.90. The average Bonchev–Trinajstić information content (AvgIpc) is 2.41. The molecular formula is C12H21N3O2S2. The first-order valence-corrected chi connectivity index (χ1v) is 8.87.